The first-order chi connectivity index (χ1) is 13.2. The predicted octanol–water partition coefficient (Wildman–Crippen LogP) is 6.38. The van der Waals surface area contributed by atoms with E-state index in [4.69, 9.17) is 21.1 Å². The Morgan fingerprint density at radius 1 is 0.889 bits per heavy atom. The molecule has 2 rings (SSSR count). The number of ether oxygens (including phenoxy) is 2. The second-order valence-electron chi connectivity index (χ2n) is 6.70. The Morgan fingerprint density at radius 3 is 2.41 bits per heavy atom. The molecule has 2 aromatic carbocycles. The average molecular weight is 390 g/mol. The molecule has 4 heteroatoms. The minimum absolute atomic E-state index is 0.468. The van der Waals surface area contributed by atoms with Crippen LogP contribution in [0.3, 0.4) is 0 Å². The van der Waals surface area contributed by atoms with E-state index in [1.807, 2.05) is 49.4 Å². The Morgan fingerprint density at radius 2 is 1.67 bits per heavy atom. The molecule has 0 bridgehead atoms. The molecule has 0 fully saturated rings. The van der Waals surface area contributed by atoms with Crippen LogP contribution >= 0.6 is 11.6 Å². The highest BCUT2D eigenvalue weighted by molar-refractivity contribution is 6.32. The van der Waals surface area contributed by atoms with Gasteiger partial charge in [0.1, 0.15) is 6.61 Å². The Hall–Kier alpha value is -1.71. The van der Waals surface area contributed by atoms with Gasteiger partial charge < -0.3 is 14.8 Å². The molecule has 0 saturated heterocycles. The van der Waals surface area contributed by atoms with Crippen LogP contribution in [-0.2, 0) is 13.2 Å². The Balaban J connectivity index is 1.92. The fourth-order valence-electron chi connectivity index (χ4n) is 2.94. The number of benzene rings is 2. The van der Waals surface area contributed by atoms with Gasteiger partial charge in [0.05, 0.1) is 11.6 Å². The van der Waals surface area contributed by atoms with Crippen LogP contribution < -0.4 is 14.8 Å². The van der Waals surface area contributed by atoms with Crippen molar-refractivity contribution < 1.29 is 9.47 Å². The first-order valence-electron chi connectivity index (χ1n) is 10.1. The van der Waals surface area contributed by atoms with E-state index >= 15 is 0 Å². The van der Waals surface area contributed by atoms with Crippen LogP contribution in [0.1, 0.15) is 57.1 Å². The van der Waals surface area contributed by atoms with E-state index in [1.165, 1.54) is 32.1 Å². The molecule has 0 aliphatic carbocycles. The average Bonchev–Trinajstić information content (AvgIpc) is 2.68. The SMILES string of the molecule is CCCCCCCNCc1cc(Cl)c(OCc2ccccc2)c(OCC)c1. The van der Waals surface area contributed by atoms with Crippen LogP contribution in [0.15, 0.2) is 42.5 Å². The topological polar surface area (TPSA) is 30.5 Å². The number of rotatable bonds is 13. The molecule has 0 spiro atoms. The van der Waals surface area contributed by atoms with Crippen LogP contribution in [0.4, 0.5) is 0 Å². The van der Waals surface area contributed by atoms with Crippen molar-refractivity contribution in [2.45, 2.75) is 59.1 Å². The van der Waals surface area contributed by atoms with Crippen molar-refractivity contribution >= 4 is 11.6 Å². The lowest BCUT2D eigenvalue weighted by Gasteiger charge is -2.16. The van der Waals surface area contributed by atoms with Gasteiger partial charge in [-0.25, -0.2) is 0 Å². The van der Waals surface area contributed by atoms with Gasteiger partial charge in [0.2, 0.25) is 0 Å². The summed E-state index contributed by atoms with van der Waals surface area (Å²) in [5, 5.41) is 4.09. The second kappa shape index (κ2) is 12.6. The highest BCUT2D eigenvalue weighted by Crippen LogP contribution is 2.37. The summed E-state index contributed by atoms with van der Waals surface area (Å²) in [6, 6.07) is 14.1. The van der Waals surface area contributed by atoms with E-state index in [-0.39, 0.29) is 0 Å². The molecule has 0 heterocycles. The van der Waals surface area contributed by atoms with Gasteiger partial charge in [0.15, 0.2) is 11.5 Å². The molecule has 1 N–H and O–H groups in total. The van der Waals surface area contributed by atoms with Crippen molar-refractivity contribution in [3.63, 3.8) is 0 Å². The standard InChI is InChI=1S/C23H32ClNO2/c1-3-5-6-7-11-14-25-17-20-15-21(24)23(22(16-20)26-4-2)27-18-19-12-9-8-10-13-19/h8-10,12-13,15-16,25H,3-7,11,14,17-18H2,1-2H3. The zero-order valence-electron chi connectivity index (χ0n) is 16.6. The molecule has 0 aliphatic heterocycles. The number of hydrogen-bond acceptors (Lipinski definition) is 3. The number of halogens is 1. The molecule has 0 amide bonds. The predicted molar refractivity (Wildman–Crippen MR) is 114 cm³/mol. The van der Waals surface area contributed by atoms with Crippen molar-refractivity contribution in [1.29, 1.82) is 0 Å². The molecule has 0 aliphatic rings. The molecule has 3 nitrogen and oxygen atoms in total. The molecule has 27 heavy (non-hydrogen) atoms. The van der Waals surface area contributed by atoms with Crippen molar-refractivity contribution in [3.05, 3.63) is 58.6 Å². The van der Waals surface area contributed by atoms with E-state index < -0.39 is 0 Å². The van der Waals surface area contributed by atoms with Crippen LogP contribution in [0, 0.1) is 0 Å². The molecular weight excluding hydrogens is 358 g/mol. The van der Waals surface area contributed by atoms with Crippen molar-refractivity contribution in [3.8, 4) is 11.5 Å². The van der Waals surface area contributed by atoms with E-state index in [9.17, 15) is 0 Å². The zero-order valence-corrected chi connectivity index (χ0v) is 17.4. The lowest BCUT2D eigenvalue weighted by Crippen LogP contribution is -2.15. The smallest absolute Gasteiger partial charge is 0.180 e. The van der Waals surface area contributed by atoms with E-state index in [1.54, 1.807) is 0 Å². The lowest BCUT2D eigenvalue weighted by molar-refractivity contribution is 0.269. The number of unbranched alkanes of at least 4 members (excludes halogenated alkanes) is 4. The molecule has 148 valence electrons. The summed E-state index contributed by atoms with van der Waals surface area (Å²) in [5.74, 6) is 1.33. The van der Waals surface area contributed by atoms with Crippen molar-refractivity contribution in [1.82, 2.24) is 5.32 Å². The molecule has 0 aromatic heterocycles. The first-order valence-corrected chi connectivity index (χ1v) is 10.4. The largest absolute Gasteiger partial charge is 0.490 e. The third-order valence-electron chi connectivity index (χ3n) is 4.38. The third-order valence-corrected chi connectivity index (χ3v) is 4.66. The van der Waals surface area contributed by atoms with Crippen LogP contribution in [0.5, 0.6) is 11.5 Å². The van der Waals surface area contributed by atoms with Gasteiger partial charge in [-0.2, -0.15) is 0 Å². The van der Waals surface area contributed by atoms with E-state index in [2.05, 4.69) is 12.2 Å². The van der Waals surface area contributed by atoms with Crippen LogP contribution in [-0.4, -0.2) is 13.2 Å². The normalized spacial score (nSPS) is 10.8. The van der Waals surface area contributed by atoms with Gasteiger partial charge in [-0.15, -0.1) is 0 Å². The van der Waals surface area contributed by atoms with Crippen molar-refractivity contribution in [2.24, 2.45) is 0 Å². The van der Waals surface area contributed by atoms with Gasteiger partial charge in [-0.1, -0.05) is 74.5 Å². The summed E-state index contributed by atoms with van der Waals surface area (Å²) in [6.45, 7) is 7.06. The maximum absolute atomic E-state index is 6.50. The highest BCUT2D eigenvalue weighted by atomic mass is 35.5. The highest BCUT2D eigenvalue weighted by Gasteiger charge is 2.13. The minimum atomic E-state index is 0.468. The fourth-order valence-corrected chi connectivity index (χ4v) is 3.23. The van der Waals surface area contributed by atoms with Crippen LogP contribution in [0.25, 0.3) is 0 Å². The molecule has 0 unspecified atom stereocenters. The molecule has 0 radical (unpaired) electrons. The van der Waals surface area contributed by atoms with Gasteiger partial charge in [0.25, 0.3) is 0 Å². The first kappa shape index (κ1) is 21.6. The second-order valence-corrected chi connectivity index (χ2v) is 7.11. The molecular formula is C23H32ClNO2. The summed E-state index contributed by atoms with van der Waals surface area (Å²) in [6.07, 6.45) is 6.44. The maximum atomic E-state index is 6.50. The number of hydrogen-bond donors (Lipinski definition) is 1. The molecule has 0 saturated carbocycles. The number of nitrogens with one attached hydrogen (secondary N) is 1. The van der Waals surface area contributed by atoms with Crippen molar-refractivity contribution in [2.75, 3.05) is 13.2 Å². The Kier molecular flexibility index (Phi) is 10.1. The van der Waals surface area contributed by atoms with E-state index in [0.29, 0.717) is 29.7 Å². The summed E-state index contributed by atoms with van der Waals surface area (Å²) < 4.78 is 11.7. The minimum Gasteiger partial charge on any atom is -0.490 e. The lowest BCUT2D eigenvalue weighted by atomic mass is 10.1. The summed E-state index contributed by atoms with van der Waals surface area (Å²) >= 11 is 6.50. The Bertz CT molecular complexity index is 661. The molecule has 0 atom stereocenters. The molecule has 2 aromatic rings. The Labute approximate surface area is 169 Å². The quantitative estimate of drug-likeness (QED) is 0.403. The zero-order chi connectivity index (χ0) is 19.3. The van der Waals surface area contributed by atoms with Gasteiger partial charge in [-0.3, -0.25) is 0 Å². The van der Waals surface area contributed by atoms with Gasteiger partial charge in [-0.05, 0) is 43.1 Å². The summed E-state index contributed by atoms with van der Waals surface area (Å²) in [7, 11) is 0. The third kappa shape index (κ3) is 7.82. The van der Waals surface area contributed by atoms with E-state index in [0.717, 1.165) is 24.2 Å². The fraction of sp³-hybridized carbons (Fsp3) is 0.478. The van der Waals surface area contributed by atoms with Crippen LogP contribution in [0.2, 0.25) is 5.02 Å². The maximum Gasteiger partial charge on any atom is 0.180 e. The van der Waals surface area contributed by atoms with Gasteiger partial charge in [0, 0.05) is 6.54 Å². The summed E-state index contributed by atoms with van der Waals surface area (Å²) in [4.78, 5) is 0. The van der Waals surface area contributed by atoms with Gasteiger partial charge >= 0.3 is 0 Å². The monoisotopic (exact) mass is 389 g/mol. The summed E-state index contributed by atoms with van der Waals surface area (Å²) in [5.41, 5.74) is 2.22.